The Morgan fingerprint density at radius 1 is 0.367 bits per heavy atom. The zero-order valence-corrected chi connectivity index (χ0v) is 26.1. The second-order valence-electron chi connectivity index (χ2n) is 12.2. The largest absolute Gasteiger partial charge is 0.455 e. The van der Waals surface area contributed by atoms with E-state index in [1.807, 2.05) is 133 Å². The molecule has 228 valence electrons. The molecule has 0 atom stereocenters. The zero-order chi connectivity index (χ0) is 39.3. The molecule has 0 unspecified atom stereocenters. The molecular formula is C48H30O. The summed E-state index contributed by atoms with van der Waals surface area (Å²) in [7, 11) is 0. The highest BCUT2D eigenvalue weighted by atomic mass is 16.3. The van der Waals surface area contributed by atoms with Gasteiger partial charge in [-0.25, -0.2) is 0 Å². The molecule has 0 bridgehead atoms. The van der Waals surface area contributed by atoms with Gasteiger partial charge in [-0.3, -0.25) is 0 Å². The first-order chi connectivity index (χ1) is 27.7. The van der Waals surface area contributed by atoms with Crippen molar-refractivity contribution in [3.63, 3.8) is 0 Å². The molecule has 49 heavy (non-hydrogen) atoms. The minimum Gasteiger partial charge on any atom is -0.455 e. The van der Waals surface area contributed by atoms with Gasteiger partial charge in [0.25, 0.3) is 0 Å². The van der Waals surface area contributed by atoms with Crippen molar-refractivity contribution in [3.05, 3.63) is 182 Å². The maximum atomic E-state index is 9.55. The minimum absolute atomic E-state index is 0.102. The Bertz CT molecular complexity index is 3250. The van der Waals surface area contributed by atoms with E-state index in [4.69, 9.17) is 9.90 Å². The highest BCUT2D eigenvalue weighted by Gasteiger charge is 2.25. The summed E-state index contributed by atoms with van der Waals surface area (Å²) in [5.41, 5.74) is 4.79. The van der Waals surface area contributed by atoms with Crippen LogP contribution in [0.15, 0.2) is 186 Å². The van der Waals surface area contributed by atoms with Crippen molar-refractivity contribution >= 4 is 54.1 Å². The van der Waals surface area contributed by atoms with Crippen molar-refractivity contribution in [1.29, 1.82) is 0 Å². The van der Waals surface area contributed by atoms with Crippen molar-refractivity contribution in [1.82, 2.24) is 0 Å². The molecule has 1 heterocycles. The van der Waals surface area contributed by atoms with E-state index in [2.05, 4.69) is 0 Å². The standard InChI is InChI=1S/C48H30O/c1-2-14-31(15-3-1)36-18-6-7-19-38(36)47-43-24-12-13-25-44(43)49-48(47)46-41-22-10-8-20-39(41)45(40-21-9-11-23-42(40)46)34-28-29-37-33(30-34)27-26-32-16-4-5-17-35(32)37/h1-30H/i8D,9D,10D,11D,20D,21D,22D,23D. The van der Waals surface area contributed by atoms with Gasteiger partial charge in [0.2, 0.25) is 0 Å². The third kappa shape index (κ3) is 4.33. The van der Waals surface area contributed by atoms with E-state index in [1.54, 1.807) is 0 Å². The van der Waals surface area contributed by atoms with Crippen LogP contribution in [0.25, 0.3) is 98.8 Å². The number of para-hydroxylation sites is 1. The molecule has 0 N–H and O–H groups in total. The first kappa shape index (κ1) is 20.7. The molecule has 9 aromatic carbocycles. The van der Waals surface area contributed by atoms with E-state index in [9.17, 15) is 5.48 Å². The summed E-state index contributed by atoms with van der Waals surface area (Å²) in [4.78, 5) is 0. The lowest BCUT2D eigenvalue weighted by atomic mass is 9.84. The lowest BCUT2D eigenvalue weighted by molar-refractivity contribution is 0.634. The molecular weight excluding hydrogens is 593 g/mol. The summed E-state index contributed by atoms with van der Waals surface area (Å²) in [6, 6.07) is 39.9. The molecule has 0 saturated carbocycles. The number of fused-ring (bicyclic) bond motifs is 6. The van der Waals surface area contributed by atoms with E-state index >= 15 is 0 Å². The van der Waals surface area contributed by atoms with Crippen molar-refractivity contribution in [3.8, 4) is 44.7 Å². The number of rotatable bonds is 4. The van der Waals surface area contributed by atoms with E-state index in [-0.39, 0.29) is 57.0 Å². The predicted octanol–water partition coefficient (Wildman–Crippen LogP) is 13.7. The average molecular weight is 631 g/mol. The van der Waals surface area contributed by atoms with Gasteiger partial charge >= 0.3 is 0 Å². The summed E-state index contributed by atoms with van der Waals surface area (Å²) >= 11 is 0. The molecule has 0 saturated heterocycles. The van der Waals surface area contributed by atoms with Crippen LogP contribution in [0.4, 0.5) is 0 Å². The molecule has 1 aromatic heterocycles. The van der Waals surface area contributed by atoms with Gasteiger partial charge in [-0.2, -0.15) is 0 Å². The molecule has 0 radical (unpaired) electrons. The SMILES string of the molecule is [2H]c1c([2H])c([2H])c2c(-c3oc4ccccc4c3-c3ccccc3-c3ccccc3)c3c([2H])c([2H])c([2H])c([2H])c3c(-c3ccc4c(ccc5ccccc54)c3)c2c1[2H]. The van der Waals surface area contributed by atoms with Gasteiger partial charge in [0.1, 0.15) is 11.3 Å². The van der Waals surface area contributed by atoms with Crippen LogP contribution in [-0.2, 0) is 0 Å². The Hall–Kier alpha value is -6.44. The number of hydrogen-bond donors (Lipinski definition) is 0. The molecule has 10 rings (SSSR count). The summed E-state index contributed by atoms with van der Waals surface area (Å²) in [6.45, 7) is 0. The first-order valence-corrected chi connectivity index (χ1v) is 16.2. The lowest BCUT2D eigenvalue weighted by Crippen LogP contribution is -1.92. The average Bonchev–Trinajstić information content (AvgIpc) is 3.64. The Labute approximate surface area is 295 Å². The zero-order valence-electron chi connectivity index (χ0n) is 34.1. The highest BCUT2D eigenvalue weighted by molar-refractivity contribution is 6.24. The van der Waals surface area contributed by atoms with Crippen LogP contribution in [0.3, 0.4) is 0 Å². The fourth-order valence-electron chi connectivity index (χ4n) is 7.37. The molecule has 0 spiro atoms. The Morgan fingerprint density at radius 3 is 1.69 bits per heavy atom. The van der Waals surface area contributed by atoms with Crippen LogP contribution in [0.2, 0.25) is 0 Å². The van der Waals surface area contributed by atoms with E-state index in [1.165, 1.54) is 0 Å². The van der Waals surface area contributed by atoms with Gasteiger partial charge in [-0.1, -0.05) is 170 Å². The molecule has 1 nitrogen and oxygen atoms in total. The number of hydrogen-bond acceptors (Lipinski definition) is 1. The van der Waals surface area contributed by atoms with Crippen LogP contribution in [0.5, 0.6) is 0 Å². The highest BCUT2D eigenvalue weighted by Crippen LogP contribution is 2.50. The van der Waals surface area contributed by atoms with Gasteiger partial charge in [0.05, 0.1) is 11.0 Å². The second kappa shape index (κ2) is 11.1. The van der Waals surface area contributed by atoms with E-state index in [0.29, 0.717) is 22.3 Å². The molecule has 1 heteroatoms. The molecule has 0 aliphatic carbocycles. The molecule has 0 amide bonds. The summed E-state index contributed by atoms with van der Waals surface area (Å²) < 4.78 is 80.7. The summed E-state index contributed by atoms with van der Waals surface area (Å²) in [5.74, 6) is 0.237. The van der Waals surface area contributed by atoms with Crippen LogP contribution in [0.1, 0.15) is 11.0 Å². The van der Waals surface area contributed by atoms with Crippen molar-refractivity contribution in [2.75, 3.05) is 0 Å². The maximum Gasteiger partial charge on any atom is 0.144 e. The van der Waals surface area contributed by atoms with Crippen LogP contribution in [0, 0.1) is 0 Å². The fourth-order valence-corrected chi connectivity index (χ4v) is 7.37. The third-order valence-electron chi connectivity index (χ3n) is 9.51. The first-order valence-electron chi connectivity index (χ1n) is 20.2. The van der Waals surface area contributed by atoms with E-state index in [0.717, 1.165) is 43.6 Å². The monoisotopic (exact) mass is 630 g/mol. The van der Waals surface area contributed by atoms with E-state index < -0.39 is 24.2 Å². The fraction of sp³-hybridized carbons (Fsp3) is 0. The predicted molar refractivity (Wildman–Crippen MR) is 208 cm³/mol. The smallest absolute Gasteiger partial charge is 0.144 e. The maximum absolute atomic E-state index is 9.55. The van der Waals surface area contributed by atoms with Gasteiger partial charge in [-0.05, 0) is 83.0 Å². The summed E-state index contributed by atoms with van der Waals surface area (Å²) in [5, 5.41) is 5.18. The summed E-state index contributed by atoms with van der Waals surface area (Å²) in [6.07, 6.45) is 0. The lowest BCUT2D eigenvalue weighted by Gasteiger charge is -2.18. The normalized spacial score (nSPS) is 14.0. The van der Waals surface area contributed by atoms with Gasteiger partial charge in [0.15, 0.2) is 0 Å². The van der Waals surface area contributed by atoms with Gasteiger partial charge in [0, 0.05) is 16.5 Å². The minimum atomic E-state index is -0.466. The Balaban J connectivity index is 1.44. The number of furan rings is 1. The molecule has 0 aliphatic rings. The quantitative estimate of drug-likeness (QED) is 0.139. The van der Waals surface area contributed by atoms with Crippen molar-refractivity contribution < 1.29 is 15.4 Å². The topological polar surface area (TPSA) is 13.1 Å². The molecule has 10 aromatic rings. The Kier molecular flexibility index (Phi) is 4.69. The van der Waals surface area contributed by atoms with Crippen molar-refractivity contribution in [2.45, 2.75) is 0 Å². The second-order valence-corrected chi connectivity index (χ2v) is 12.2. The van der Waals surface area contributed by atoms with Gasteiger partial charge in [-0.15, -0.1) is 0 Å². The number of benzene rings is 9. The van der Waals surface area contributed by atoms with Crippen molar-refractivity contribution in [2.24, 2.45) is 0 Å². The van der Waals surface area contributed by atoms with Crippen LogP contribution >= 0.6 is 0 Å². The Morgan fingerprint density at radius 2 is 0.939 bits per heavy atom. The molecule has 0 fully saturated rings. The van der Waals surface area contributed by atoms with Crippen LogP contribution in [-0.4, -0.2) is 0 Å². The van der Waals surface area contributed by atoms with Gasteiger partial charge < -0.3 is 4.42 Å². The molecule has 0 aliphatic heterocycles. The van der Waals surface area contributed by atoms with Crippen LogP contribution < -0.4 is 0 Å². The third-order valence-corrected chi connectivity index (χ3v) is 9.51.